The lowest BCUT2D eigenvalue weighted by Crippen LogP contribution is -2.18. The smallest absolute Gasteiger partial charge is 0.228 e. The Balaban J connectivity index is 1.61. The normalized spacial score (nSPS) is 30.8. The fraction of sp³-hybridized carbons (Fsp3) is 0.588. The van der Waals surface area contributed by atoms with Gasteiger partial charge < -0.3 is 10.1 Å². The number of carbonyl (C=O) groups is 1. The van der Waals surface area contributed by atoms with Crippen LogP contribution in [-0.4, -0.2) is 13.0 Å². The van der Waals surface area contributed by atoms with Gasteiger partial charge in [-0.3, -0.25) is 4.79 Å². The highest BCUT2D eigenvalue weighted by molar-refractivity contribution is 5.95. The molecule has 0 aromatic heterocycles. The lowest BCUT2D eigenvalue weighted by Gasteiger charge is -2.12. The molecule has 2 saturated carbocycles. The van der Waals surface area contributed by atoms with Crippen molar-refractivity contribution in [1.29, 1.82) is 0 Å². The van der Waals surface area contributed by atoms with Gasteiger partial charge in [0.25, 0.3) is 0 Å². The average molecular weight is 273 g/mol. The molecule has 0 aliphatic heterocycles. The first-order valence-corrected chi connectivity index (χ1v) is 7.59. The van der Waals surface area contributed by atoms with Crippen LogP contribution in [0.1, 0.15) is 31.7 Å². The summed E-state index contributed by atoms with van der Waals surface area (Å²) in [5.41, 5.74) is 1.93. The molecule has 2 aliphatic rings. The molecular weight excluding hydrogens is 250 g/mol. The summed E-state index contributed by atoms with van der Waals surface area (Å²) in [7, 11) is 1.66. The van der Waals surface area contributed by atoms with Crippen LogP contribution in [0, 0.1) is 30.6 Å². The van der Waals surface area contributed by atoms with E-state index in [0.29, 0.717) is 11.8 Å². The highest BCUT2D eigenvalue weighted by Crippen LogP contribution is 2.60. The Kier molecular flexibility index (Phi) is 3.45. The summed E-state index contributed by atoms with van der Waals surface area (Å²) in [4.78, 5) is 12.3. The highest BCUT2D eigenvalue weighted by atomic mass is 16.5. The average Bonchev–Trinajstić information content (AvgIpc) is 2.96. The van der Waals surface area contributed by atoms with Gasteiger partial charge in [0.05, 0.1) is 7.11 Å². The molecule has 1 amide bonds. The van der Waals surface area contributed by atoms with Gasteiger partial charge in [-0.25, -0.2) is 0 Å². The number of rotatable bonds is 4. The van der Waals surface area contributed by atoms with Crippen molar-refractivity contribution in [1.82, 2.24) is 0 Å². The second-order valence-electron chi connectivity index (χ2n) is 6.27. The molecule has 3 heteroatoms. The predicted octanol–water partition coefficient (Wildman–Crippen LogP) is 3.62. The Morgan fingerprint density at radius 1 is 1.35 bits per heavy atom. The number of amides is 1. The third kappa shape index (κ3) is 2.30. The number of carbonyl (C=O) groups excluding carboxylic acids is 1. The predicted molar refractivity (Wildman–Crippen MR) is 79.8 cm³/mol. The molecule has 20 heavy (non-hydrogen) atoms. The van der Waals surface area contributed by atoms with E-state index in [1.807, 2.05) is 25.1 Å². The Labute approximate surface area is 120 Å². The number of aryl methyl sites for hydroxylation is 1. The summed E-state index contributed by atoms with van der Waals surface area (Å²) < 4.78 is 5.30. The van der Waals surface area contributed by atoms with Gasteiger partial charge in [-0.05, 0) is 49.1 Å². The minimum Gasteiger partial charge on any atom is -0.496 e. The number of ether oxygens (including phenoxy) is 1. The van der Waals surface area contributed by atoms with Crippen LogP contribution in [0.25, 0.3) is 0 Å². The van der Waals surface area contributed by atoms with Gasteiger partial charge in [0.2, 0.25) is 5.91 Å². The van der Waals surface area contributed by atoms with Crippen LogP contribution in [0.4, 0.5) is 5.69 Å². The molecule has 0 spiro atoms. The zero-order valence-electron chi connectivity index (χ0n) is 12.5. The Bertz CT molecular complexity index is 514. The molecule has 2 unspecified atom stereocenters. The second-order valence-corrected chi connectivity index (χ2v) is 6.27. The second kappa shape index (κ2) is 5.12. The van der Waals surface area contributed by atoms with Gasteiger partial charge in [-0.1, -0.05) is 19.4 Å². The molecule has 1 N–H and O–H groups in total. The lowest BCUT2D eigenvalue weighted by molar-refractivity contribution is -0.118. The maximum Gasteiger partial charge on any atom is 0.228 e. The van der Waals surface area contributed by atoms with Crippen molar-refractivity contribution in [2.75, 3.05) is 12.4 Å². The summed E-state index contributed by atoms with van der Waals surface area (Å²) in [5, 5.41) is 3.05. The van der Waals surface area contributed by atoms with Crippen molar-refractivity contribution in [2.45, 2.75) is 33.1 Å². The van der Waals surface area contributed by atoms with Crippen LogP contribution in [-0.2, 0) is 4.79 Å². The van der Waals surface area contributed by atoms with Crippen LogP contribution in [0.3, 0.4) is 0 Å². The molecule has 108 valence electrons. The number of fused-ring (bicyclic) bond motifs is 1. The standard InChI is InChI=1S/C17H23NO2/c1-4-11-7-13-14(8-11)16(13)17(19)18-12-6-5-10(2)15(9-12)20-3/h5-6,9,11,13-14,16H,4,7-8H2,1-3H3,(H,18,19). The number of benzene rings is 1. The van der Waals surface area contributed by atoms with Crippen LogP contribution >= 0.6 is 0 Å². The van der Waals surface area contributed by atoms with Crippen molar-refractivity contribution >= 4 is 11.6 Å². The van der Waals surface area contributed by atoms with Gasteiger partial charge >= 0.3 is 0 Å². The van der Waals surface area contributed by atoms with Crippen LogP contribution < -0.4 is 10.1 Å². The summed E-state index contributed by atoms with van der Waals surface area (Å²) in [6.45, 7) is 4.25. The number of nitrogens with one attached hydrogen (secondary N) is 1. The molecular formula is C17H23NO2. The molecule has 1 aromatic rings. The number of methoxy groups -OCH3 is 1. The highest BCUT2D eigenvalue weighted by Gasteiger charge is 2.58. The fourth-order valence-electron chi connectivity index (χ4n) is 3.80. The molecule has 1 aromatic carbocycles. The van der Waals surface area contributed by atoms with E-state index in [4.69, 9.17) is 4.74 Å². The molecule has 3 rings (SSSR count). The van der Waals surface area contributed by atoms with Crippen molar-refractivity contribution in [3.63, 3.8) is 0 Å². The Hall–Kier alpha value is -1.51. The van der Waals surface area contributed by atoms with Crippen LogP contribution in [0.15, 0.2) is 18.2 Å². The zero-order chi connectivity index (χ0) is 14.3. The van der Waals surface area contributed by atoms with Crippen LogP contribution in [0.2, 0.25) is 0 Å². The van der Waals surface area contributed by atoms with E-state index in [1.54, 1.807) is 7.11 Å². The SMILES string of the molecule is CCC1CC2C(C1)C2C(=O)Nc1ccc(C)c(OC)c1. The summed E-state index contributed by atoms with van der Waals surface area (Å²) in [6, 6.07) is 5.83. The summed E-state index contributed by atoms with van der Waals surface area (Å²) in [6.07, 6.45) is 3.75. The zero-order valence-corrected chi connectivity index (χ0v) is 12.5. The topological polar surface area (TPSA) is 38.3 Å². The van der Waals surface area contributed by atoms with E-state index < -0.39 is 0 Å². The van der Waals surface area contributed by atoms with Gasteiger partial charge in [-0.2, -0.15) is 0 Å². The van der Waals surface area contributed by atoms with E-state index in [-0.39, 0.29) is 11.8 Å². The van der Waals surface area contributed by atoms with Gasteiger partial charge in [0, 0.05) is 17.7 Å². The van der Waals surface area contributed by atoms with E-state index >= 15 is 0 Å². The molecule has 0 heterocycles. The van der Waals surface area contributed by atoms with Crippen molar-refractivity contribution < 1.29 is 9.53 Å². The first-order chi connectivity index (χ1) is 9.63. The minimum atomic E-state index is 0.195. The third-order valence-electron chi connectivity index (χ3n) is 5.10. The van der Waals surface area contributed by atoms with Crippen molar-refractivity contribution in [2.24, 2.45) is 23.7 Å². The Morgan fingerprint density at radius 3 is 2.65 bits per heavy atom. The maximum atomic E-state index is 12.3. The summed E-state index contributed by atoms with van der Waals surface area (Å²) >= 11 is 0. The van der Waals surface area contributed by atoms with Gasteiger partial charge in [-0.15, -0.1) is 0 Å². The molecule has 0 radical (unpaired) electrons. The largest absolute Gasteiger partial charge is 0.496 e. The molecule has 0 bridgehead atoms. The van der Waals surface area contributed by atoms with Gasteiger partial charge in [0.1, 0.15) is 5.75 Å². The number of hydrogen-bond donors (Lipinski definition) is 1. The molecule has 0 saturated heterocycles. The maximum absolute atomic E-state index is 12.3. The Morgan fingerprint density at radius 2 is 2.05 bits per heavy atom. The third-order valence-corrected chi connectivity index (χ3v) is 5.10. The molecule has 2 aliphatic carbocycles. The quantitative estimate of drug-likeness (QED) is 0.909. The van der Waals surface area contributed by atoms with Gasteiger partial charge in [0.15, 0.2) is 0 Å². The van der Waals surface area contributed by atoms with E-state index in [2.05, 4.69) is 12.2 Å². The minimum absolute atomic E-state index is 0.195. The first kappa shape index (κ1) is 13.5. The first-order valence-electron chi connectivity index (χ1n) is 7.59. The lowest BCUT2D eigenvalue weighted by atomic mass is 9.97. The van der Waals surface area contributed by atoms with E-state index in [9.17, 15) is 4.79 Å². The fourth-order valence-corrected chi connectivity index (χ4v) is 3.80. The van der Waals surface area contributed by atoms with Crippen LogP contribution in [0.5, 0.6) is 5.75 Å². The summed E-state index contributed by atoms with van der Waals surface area (Å²) in [5.74, 6) is 3.42. The van der Waals surface area contributed by atoms with E-state index in [1.165, 1.54) is 19.3 Å². The number of hydrogen-bond acceptors (Lipinski definition) is 2. The molecule has 2 atom stereocenters. The van der Waals surface area contributed by atoms with E-state index in [0.717, 1.165) is 22.9 Å². The monoisotopic (exact) mass is 273 g/mol. The number of anilines is 1. The molecule has 2 fully saturated rings. The molecule has 3 nitrogen and oxygen atoms in total. The van der Waals surface area contributed by atoms with Crippen molar-refractivity contribution in [3.05, 3.63) is 23.8 Å². The van der Waals surface area contributed by atoms with Crippen molar-refractivity contribution in [3.8, 4) is 5.75 Å².